The van der Waals surface area contributed by atoms with Crippen molar-refractivity contribution in [3.8, 4) is 0 Å². The van der Waals surface area contributed by atoms with Gasteiger partial charge in [0.05, 0.1) is 18.8 Å². The summed E-state index contributed by atoms with van der Waals surface area (Å²) in [4.78, 5) is 18.8. The Morgan fingerprint density at radius 1 is 1.52 bits per heavy atom. The molecule has 0 saturated carbocycles. The summed E-state index contributed by atoms with van der Waals surface area (Å²) in [6.07, 6.45) is 5.50. The topological polar surface area (TPSA) is 70.4 Å². The predicted octanol–water partition coefficient (Wildman–Crippen LogP) is 2.00. The van der Waals surface area contributed by atoms with E-state index in [1.807, 2.05) is 30.6 Å². The normalized spacial score (nSPS) is 17.2. The minimum absolute atomic E-state index is 0.00348. The highest BCUT2D eigenvalue weighted by molar-refractivity contribution is 7.13. The number of rotatable bonds is 6. The van der Waals surface area contributed by atoms with Gasteiger partial charge in [-0.3, -0.25) is 4.79 Å². The Morgan fingerprint density at radius 3 is 3.00 bits per heavy atom. The van der Waals surface area contributed by atoms with Crippen LogP contribution in [-0.2, 0) is 11.3 Å². The van der Waals surface area contributed by atoms with Gasteiger partial charge in [-0.1, -0.05) is 0 Å². The number of carbonyl (C=O) groups excluding carboxylic acids is 1. The maximum absolute atomic E-state index is 12.1. The molecule has 0 aliphatic carbocycles. The first-order valence-electron chi connectivity index (χ1n) is 7.93. The second-order valence-corrected chi connectivity index (χ2v) is 6.63. The van der Waals surface area contributed by atoms with Gasteiger partial charge in [0.1, 0.15) is 5.76 Å². The van der Waals surface area contributed by atoms with Crippen LogP contribution in [0.4, 0.5) is 5.13 Å². The van der Waals surface area contributed by atoms with Crippen molar-refractivity contribution < 1.29 is 9.21 Å². The third kappa shape index (κ3) is 4.33. The number of furan rings is 1. The summed E-state index contributed by atoms with van der Waals surface area (Å²) in [6, 6.07) is 3.84. The van der Waals surface area contributed by atoms with E-state index in [9.17, 15) is 4.79 Å². The molecule has 6 nitrogen and oxygen atoms in total. The van der Waals surface area contributed by atoms with Crippen LogP contribution in [0.3, 0.4) is 0 Å². The fourth-order valence-corrected chi connectivity index (χ4v) is 3.48. The molecular formula is C16H22N4O2S. The Kier molecular flexibility index (Phi) is 5.30. The van der Waals surface area contributed by atoms with Gasteiger partial charge in [0, 0.05) is 30.7 Å². The van der Waals surface area contributed by atoms with Crippen molar-refractivity contribution >= 4 is 22.4 Å². The standard InChI is InChI=1S/C16H22N4O2S/c1-12(15(21)18-11-14-3-2-9-22-14)19-13-4-7-20(8-5-13)16-17-6-10-23-16/h2-3,6,9-10,12-13,19H,4-5,7-8,11H2,1H3,(H,18,21)/t12-/m0/s1. The van der Waals surface area contributed by atoms with E-state index in [1.165, 1.54) is 0 Å². The Hall–Kier alpha value is -1.86. The van der Waals surface area contributed by atoms with Crippen molar-refractivity contribution in [2.45, 2.75) is 38.4 Å². The second-order valence-electron chi connectivity index (χ2n) is 5.76. The van der Waals surface area contributed by atoms with Crippen molar-refractivity contribution in [3.05, 3.63) is 35.7 Å². The average Bonchev–Trinajstić information content (AvgIpc) is 3.26. The number of anilines is 1. The van der Waals surface area contributed by atoms with Crippen LogP contribution in [0.25, 0.3) is 0 Å². The third-order valence-corrected chi connectivity index (χ3v) is 4.91. The van der Waals surface area contributed by atoms with Crippen LogP contribution in [0.1, 0.15) is 25.5 Å². The molecule has 1 fully saturated rings. The molecule has 23 heavy (non-hydrogen) atoms. The average molecular weight is 334 g/mol. The van der Waals surface area contributed by atoms with Crippen LogP contribution >= 0.6 is 11.3 Å². The van der Waals surface area contributed by atoms with E-state index >= 15 is 0 Å². The summed E-state index contributed by atoms with van der Waals surface area (Å²) < 4.78 is 5.22. The molecule has 2 N–H and O–H groups in total. The number of piperidine rings is 1. The number of hydrogen-bond donors (Lipinski definition) is 2. The van der Waals surface area contributed by atoms with Crippen LogP contribution in [0, 0.1) is 0 Å². The van der Waals surface area contributed by atoms with Crippen molar-refractivity contribution in [3.63, 3.8) is 0 Å². The van der Waals surface area contributed by atoms with Gasteiger partial charge < -0.3 is 20.0 Å². The van der Waals surface area contributed by atoms with Crippen LogP contribution in [-0.4, -0.2) is 36.1 Å². The smallest absolute Gasteiger partial charge is 0.237 e. The number of amides is 1. The van der Waals surface area contributed by atoms with E-state index in [4.69, 9.17) is 4.42 Å². The monoisotopic (exact) mass is 334 g/mol. The summed E-state index contributed by atoms with van der Waals surface area (Å²) in [5.41, 5.74) is 0. The van der Waals surface area contributed by atoms with Crippen LogP contribution in [0.5, 0.6) is 0 Å². The lowest BCUT2D eigenvalue weighted by Gasteiger charge is -2.33. The lowest BCUT2D eigenvalue weighted by Crippen LogP contribution is -2.50. The lowest BCUT2D eigenvalue weighted by molar-refractivity contribution is -0.123. The second kappa shape index (κ2) is 7.61. The third-order valence-electron chi connectivity index (χ3n) is 4.08. The summed E-state index contributed by atoms with van der Waals surface area (Å²) >= 11 is 1.68. The summed E-state index contributed by atoms with van der Waals surface area (Å²) in [7, 11) is 0. The summed E-state index contributed by atoms with van der Waals surface area (Å²) in [5.74, 6) is 0.769. The molecule has 1 atom stereocenters. The number of nitrogens with one attached hydrogen (secondary N) is 2. The van der Waals surface area contributed by atoms with Crippen LogP contribution < -0.4 is 15.5 Å². The van der Waals surface area contributed by atoms with Crippen molar-refractivity contribution in [1.82, 2.24) is 15.6 Å². The van der Waals surface area contributed by atoms with E-state index in [0.717, 1.165) is 36.8 Å². The molecule has 124 valence electrons. The van der Waals surface area contributed by atoms with Gasteiger partial charge in [-0.2, -0.15) is 0 Å². The van der Waals surface area contributed by atoms with E-state index in [2.05, 4.69) is 20.5 Å². The molecule has 2 aromatic rings. The molecule has 0 aromatic carbocycles. The molecule has 0 radical (unpaired) electrons. The summed E-state index contributed by atoms with van der Waals surface area (Å²) in [5, 5.41) is 9.42. The van der Waals surface area contributed by atoms with Crippen molar-refractivity contribution in [2.24, 2.45) is 0 Å². The Morgan fingerprint density at radius 2 is 2.35 bits per heavy atom. The summed E-state index contributed by atoms with van der Waals surface area (Å²) in [6.45, 7) is 4.29. The molecule has 0 unspecified atom stereocenters. The highest BCUT2D eigenvalue weighted by Crippen LogP contribution is 2.22. The zero-order valence-electron chi connectivity index (χ0n) is 13.2. The van der Waals surface area contributed by atoms with E-state index in [1.54, 1.807) is 17.6 Å². The number of nitrogens with zero attached hydrogens (tertiary/aromatic N) is 2. The molecule has 3 heterocycles. The maximum atomic E-state index is 12.1. The first-order chi connectivity index (χ1) is 11.2. The SMILES string of the molecule is C[C@H](NC1CCN(c2nccs2)CC1)C(=O)NCc1ccco1. The molecule has 0 spiro atoms. The fraction of sp³-hybridized carbons (Fsp3) is 0.500. The van der Waals surface area contributed by atoms with Gasteiger partial charge in [0.2, 0.25) is 5.91 Å². The first-order valence-corrected chi connectivity index (χ1v) is 8.81. The Labute approximate surface area is 139 Å². The van der Waals surface area contributed by atoms with Gasteiger partial charge in [0.25, 0.3) is 0 Å². The number of hydrogen-bond acceptors (Lipinski definition) is 6. The van der Waals surface area contributed by atoms with Crippen molar-refractivity contribution in [1.29, 1.82) is 0 Å². The first kappa shape index (κ1) is 16.0. The minimum Gasteiger partial charge on any atom is -0.467 e. The number of carbonyl (C=O) groups is 1. The van der Waals surface area contributed by atoms with Gasteiger partial charge >= 0.3 is 0 Å². The van der Waals surface area contributed by atoms with Crippen molar-refractivity contribution in [2.75, 3.05) is 18.0 Å². The maximum Gasteiger partial charge on any atom is 0.237 e. The highest BCUT2D eigenvalue weighted by Gasteiger charge is 2.23. The predicted molar refractivity (Wildman–Crippen MR) is 90.5 cm³/mol. The molecule has 0 bridgehead atoms. The van der Waals surface area contributed by atoms with Crippen LogP contribution in [0.2, 0.25) is 0 Å². The van der Waals surface area contributed by atoms with E-state index < -0.39 is 0 Å². The molecule has 1 aliphatic heterocycles. The quantitative estimate of drug-likeness (QED) is 0.845. The van der Waals surface area contributed by atoms with Gasteiger partial charge in [-0.25, -0.2) is 4.98 Å². The fourth-order valence-electron chi connectivity index (χ4n) is 2.78. The zero-order valence-corrected chi connectivity index (χ0v) is 14.0. The van der Waals surface area contributed by atoms with Crippen LogP contribution in [0.15, 0.2) is 34.4 Å². The Balaban J connectivity index is 1.40. The minimum atomic E-state index is -0.207. The van der Waals surface area contributed by atoms with Gasteiger partial charge in [-0.15, -0.1) is 11.3 Å². The molecule has 3 rings (SSSR count). The molecule has 1 saturated heterocycles. The highest BCUT2D eigenvalue weighted by atomic mass is 32.1. The molecule has 2 aromatic heterocycles. The van der Waals surface area contributed by atoms with E-state index in [0.29, 0.717) is 12.6 Å². The molecule has 7 heteroatoms. The zero-order chi connectivity index (χ0) is 16.1. The number of thiazole rings is 1. The molecule has 1 amide bonds. The molecule has 1 aliphatic rings. The van der Waals surface area contributed by atoms with E-state index in [-0.39, 0.29) is 11.9 Å². The lowest BCUT2D eigenvalue weighted by atomic mass is 10.0. The van der Waals surface area contributed by atoms with Gasteiger partial charge in [0.15, 0.2) is 5.13 Å². The Bertz CT molecular complexity index is 592. The largest absolute Gasteiger partial charge is 0.467 e. The number of aromatic nitrogens is 1. The van der Waals surface area contributed by atoms with Gasteiger partial charge in [-0.05, 0) is 31.9 Å². The molecular weight excluding hydrogens is 312 g/mol.